The first-order valence-electron chi connectivity index (χ1n) is 4.69. The minimum atomic E-state index is -1.03. The molecule has 0 saturated heterocycles. The van der Waals surface area contributed by atoms with Gasteiger partial charge in [0.1, 0.15) is 12.3 Å². The number of aromatic nitrogens is 2. The molecule has 1 aromatic rings. The summed E-state index contributed by atoms with van der Waals surface area (Å²) in [7, 11) is 0. The maximum Gasteiger partial charge on any atom is 0.329 e. The van der Waals surface area contributed by atoms with Gasteiger partial charge in [0.25, 0.3) is 5.91 Å². The second-order valence-electron chi connectivity index (χ2n) is 3.14. The van der Waals surface area contributed by atoms with E-state index in [2.05, 4.69) is 15.5 Å². The van der Waals surface area contributed by atoms with Gasteiger partial charge in [-0.2, -0.15) is 5.10 Å². The number of carbonyl (C=O) groups excluding carboxylic acids is 1. The second kappa shape index (κ2) is 5.86. The summed E-state index contributed by atoms with van der Waals surface area (Å²) >= 11 is 0. The lowest BCUT2D eigenvalue weighted by atomic mass is 10.3. The molecule has 0 aliphatic rings. The molecule has 7 heteroatoms. The molecule has 88 valence electrons. The lowest BCUT2D eigenvalue weighted by Gasteiger charge is -2.02. The average molecular weight is 227 g/mol. The highest BCUT2D eigenvalue weighted by Crippen LogP contribution is 1.96. The van der Waals surface area contributed by atoms with E-state index in [1.807, 2.05) is 0 Å². The molecule has 16 heavy (non-hydrogen) atoms. The molecule has 7 nitrogen and oxygen atoms in total. The Morgan fingerprint density at radius 2 is 2.38 bits per heavy atom. The topological polar surface area (TPSA) is 104 Å². The molecule has 1 heterocycles. The number of ether oxygens (including phenoxy) is 1. The fourth-order valence-corrected chi connectivity index (χ4v) is 1.02. The number of nitrogens with one attached hydrogen (secondary N) is 2. The molecule has 0 radical (unpaired) electrons. The Kier molecular flexibility index (Phi) is 4.46. The number of aryl methyl sites for hydroxylation is 1. The smallest absolute Gasteiger partial charge is 0.329 e. The Labute approximate surface area is 91.8 Å². The molecular weight excluding hydrogens is 214 g/mol. The van der Waals surface area contributed by atoms with E-state index in [4.69, 9.17) is 9.84 Å². The van der Waals surface area contributed by atoms with Crippen LogP contribution in [0.2, 0.25) is 0 Å². The third-order valence-electron chi connectivity index (χ3n) is 1.70. The highest BCUT2D eigenvalue weighted by Gasteiger charge is 2.07. The van der Waals surface area contributed by atoms with Crippen LogP contribution in [0.3, 0.4) is 0 Å². The number of carboxylic acid groups (broad SMARTS) is 1. The van der Waals surface area contributed by atoms with Gasteiger partial charge in [0.2, 0.25) is 0 Å². The number of nitrogens with zero attached hydrogens (tertiary/aromatic N) is 1. The zero-order chi connectivity index (χ0) is 12.0. The zero-order valence-corrected chi connectivity index (χ0v) is 8.82. The summed E-state index contributed by atoms with van der Waals surface area (Å²) in [6.07, 6.45) is 0. The Hall–Kier alpha value is -1.89. The van der Waals surface area contributed by atoms with Crippen molar-refractivity contribution in [1.82, 2.24) is 15.5 Å². The van der Waals surface area contributed by atoms with Crippen molar-refractivity contribution >= 4 is 11.9 Å². The van der Waals surface area contributed by atoms with Gasteiger partial charge >= 0.3 is 5.97 Å². The van der Waals surface area contributed by atoms with Gasteiger partial charge in [0.05, 0.1) is 6.61 Å². The van der Waals surface area contributed by atoms with Gasteiger partial charge < -0.3 is 15.2 Å². The number of aliphatic carboxylic acids is 1. The van der Waals surface area contributed by atoms with Crippen molar-refractivity contribution in [3.8, 4) is 0 Å². The molecule has 3 N–H and O–H groups in total. The summed E-state index contributed by atoms with van der Waals surface area (Å²) < 4.78 is 4.74. The number of hydrogen-bond donors (Lipinski definition) is 3. The standard InChI is InChI=1S/C9H13N3O4/c1-6-4-7(12-11-6)9(15)10-2-3-16-5-8(13)14/h4H,2-3,5H2,1H3,(H,10,15)(H,11,12)(H,13,14). The van der Waals surface area contributed by atoms with Crippen molar-refractivity contribution in [2.45, 2.75) is 6.92 Å². The number of carbonyl (C=O) groups is 2. The maximum atomic E-state index is 11.4. The quantitative estimate of drug-likeness (QED) is 0.571. The third-order valence-corrected chi connectivity index (χ3v) is 1.70. The molecule has 0 spiro atoms. The monoisotopic (exact) mass is 227 g/mol. The number of carboxylic acids is 1. The molecule has 0 bridgehead atoms. The molecular formula is C9H13N3O4. The van der Waals surface area contributed by atoms with Crippen LogP contribution in [0, 0.1) is 6.92 Å². The molecule has 1 rings (SSSR count). The molecule has 1 aromatic heterocycles. The van der Waals surface area contributed by atoms with Crippen LogP contribution in [0.15, 0.2) is 6.07 Å². The highest BCUT2D eigenvalue weighted by atomic mass is 16.5. The normalized spacial score (nSPS) is 10.1. The van der Waals surface area contributed by atoms with Crippen LogP contribution in [-0.4, -0.2) is 46.9 Å². The lowest BCUT2D eigenvalue weighted by Crippen LogP contribution is -2.28. The predicted octanol–water partition coefficient (Wildman–Crippen LogP) is -0.451. The molecule has 0 atom stereocenters. The summed E-state index contributed by atoms with van der Waals surface area (Å²) in [5.74, 6) is -1.35. The fraction of sp³-hybridized carbons (Fsp3) is 0.444. The first-order chi connectivity index (χ1) is 7.59. The van der Waals surface area contributed by atoms with Crippen LogP contribution in [0.25, 0.3) is 0 Å². The van der Waals surface area contributed by atoms with Gasteiger partial charge in [-0.3, -0.25) is 9.89 Å². The number of amides is 1. The highest BCUT2D eigenvalue weighted by molar-refractivity contribution is 5.92. The summed E-state index contributed by atoms with van der Waals surface area (Å²) in [5, 5.41) is 17.2. The van der Waals surface area contributed by atoms with Crippen LogP contribution >= 0.6 is 0 Å². The fourth-order valence-electron chi connectivity index (χ4n) is 1.02. The van der Waals surface area contributed by atoms with Gasteiger partial charge in [0.15, 0.2) is 0 Å². The number of H-pyrrole nitrogens is 1. The molecule has 1 amide bonds. The van der Waals surface area contributed by atoms with Crippen LogP contribution in [0.1, 0.15) is 16.2 Å². The van der Waals surface area contributed by atoms with E-state index in [1.54, 1.807) is 13.0 Å². The molecule has 0 aliphatic carbocycles. The first-order valence-corrected chi connectivity index (χ1v) is 4.69. The maximum absolute atomic E-state index is 11.4. The average Bonchev–Trinajstić information content (AvgIpc) is 2.63. The van der Waals surface area contributed by atoms with Crippen molar-refractivity contribution in [3.63, 3.8) is 0 Å². The van der Waals surface area contributed by atoms with E-state index in [1.165, 1.54) is 0 Å². The Morgan fingerprint density at radius 1 is 1.62 bits per heavy atom. The van der Waals surface area contributed by atoms with Crippen molar-refractivity contribution < 1.29 is 19.4 Å². The van der Waals surface area contributed by atoms with E-state index in [-0.39, 0.29) is 25.7 Å². The van der Waals surface area contributed by atoms with Gasteiger partial charge in [-0.15, -0.1) is 0 Å². The van der Waals surface area contributed by atoms with Crippen molar-refractivity contribution in [2.24, 2.45) is 0 Å². The van der Waals surface area contributed by atoms with E-state index < -0.39 is 5.97 Å². The van der Waals surface area contributed by atoms with Crippen LogP contribution in [-0.2, 0) is 9.53 Å². The summed E-state index contributed by atoms with van der Waals surface area (Å²) in [6, 6.07) is 1.62. The van der Waals surface area contributed by atoms with E-state index >= 15 is 0 Å². The third kappa shape index (κ3) is 4.09. The summed E-state index contributed by atoms with van der Waals surface area (Å²) in [4.78, 5) is 21.5. The van der Waals surface area contributed by atoms with E-state index in [9.17, 15) is 9.59 Å². The van der Waals surface area contributed by atoms with Crippen molar-refractivity contribution in [1.29, 1.82) is 0 Å². The number of hydrogen-bond acceptors (Lipinski definition) is 4. The molecule has 0 aliphatic heterocycles. The Morgan fingerprint density at radius 3 is 2.94 bits per heavy atom. The van der Waals surface area contributed by atoms with Gasteiger partial charge in [0, 0.05) is 12.2 Å². The van der Waals surface area contributed by atoms with Gasteiger partial charge in [-0.1, -0.05) is 0 Å². The number of rotatable bonds is 6. The van der Waals surface area contributed by atoms with Crippen LogP contribution in [0.5, 0.6) is 0 Å². The Balaban J connectivity index is 2.18. The van der Waals surface area contributed by atoms with Gasteiger partial charge in [-0.25, -0.2) is 4.79 Å². The summed E-state index contributed by atoms with van der Waals surface area (Å²) in [5.41, 5.74) is 1.10. The second-order valence-corrected chi connectivity index (χ2v) is 3.14. The lowest BCUT2D eigenvalue weighted by molar-refractivity contribution is -0.142. The number of aromatic amines is 1. The van der Waals surface area contributed by atoms with E-state index in [0.717, 1.165) is 5.69 Å². The minimum absolute atomic E-state index is 0.154. The van der Waals surface area contributed by atoms with Crippen LogP contribution in [0.4, 0.5) is 0 Å². The molecule has 0 unspecified atom stereocenters. The van der Waals surface area contributed by atoms with E-state index in [0.29, 0.717) is 5.69 Å². The molecule has 0 saturated carbocycles. The minimum Gasteiger partial charge on any atom is -0.480 e. The SMILES string of the molecule is Cc1cc(C(=O)NCCOCC(=O)O)n[nH]1. The summed E-state index contributed by atoms with van der Waals surface area (Å²) in [6.45, 7) is 1.83. The molecule has 0 aromatic carbocycles. The van der Waals surface area contributed by atoms with Crippen molar-refractivity contribution in [3.05, 3.63) is 17.5 Å². The Bertz CT molecular complexity index is 375. The largest absolute Gasteiger partial charge is 0.480 e. The van der Waals surface area contributed by atoms with Gasteiger partial charge in [-0.05, 0) is 13.0 Å². The van der Waals surface area contributed by atoms with Crippen LogP contribution < -0.4 is 5.32 Å². The molecule has 0 fully saturated rings. The first kappa shape index (κ1) is 12.2. The van der Waals surface area contributed by atoms with Crippen molar-refractivity contribution in [2.75, 3.05) is 19.8 Å². The predicted molar refractivity (Wildman–Crippen MR) is 54.1 cm³/mol. The zero-order valence-electron chi connectivity index (χ0n) is 8.82.